The fourth-order valence-electron chi connectivity index (χ4n) is 3.13. The normalized spacial score (nSPS) is 18.2. The van der Waals surface area contributed by atoms with E-state index in [0.29, 0.717) is 16.4 Å². The van der Waals surface area contributed by atoms with Crippen molar-refractivity contribution in [1.29, 1.82) is 0 Å². The van der Waals surface area contributed by atoms with E-state index in [9.17, 15) is 9.18 Å². The molecule has 1 aromatic carbocycles. The maximum absolute atomic E-state index is 13.4. The third kappa shape index (κ3) is 5.09. The Morgan fingerprint density at radius 2 is 2.31 bits per heavy atom. The average Bonchev–Trinajstić information content (AvgIpc) is 3.09. The van der Waals surface area contributed by atoms with E-state index in [2.05, 4.69) is 34.2 Å². The van der Waals surface area contributed by atoms with Gasteiger partial charge < -0.3 is 15.1 Å². The summed E-state index contributed by atoms with van der Waals surface area (Å²) in [6.45, 7) is 3.83. The third-order valence-electron chi connectivity index (χ3n) is 4.59. The minimum absolute atomic E-state index is 0.00701. The smallest absolute Gasteiger partial charge is 0.230 e. The molecule has 1 aliphatic heterocycles. The predicted molar refractivity (Wildman–Crippen MR) is 104 cm³/mol. The number of likely N-dealkylation sites (N-methyl/N-ethyl adjacent to an activating group) is 1. The van der Waals surface area contributed by atoms with Crippen LogP contribution in [0.4, 0.5) is 9.52 Å². The summed E-state index contributed by atoms with van der Waals surface area (Å²) >= 11 is 1.37. The molecule has 0 bridgehead atoms. The van der Waals surface area contributed by atoms with Crippen LogP contribution in [0, 0.1) is 11.7 Å². The van der Waals surface area contributed by atoms with Crippen molar-refractivity contribution < 1.29 is 9.18 Å². The summed E-state index contributed by atoms with van der Waals surface area (Å²) in [5, 5.41) is 5.35. The minimum Gasteiger partial charge on any atom is -0.308 e. The van der Waals surface area contributed by atoms with Crippen LogP contribution >= 0.6 is 11.3 Å². The van der Waals surface area contributed by atoms with Crippen molar-refractivity contribution in [2.24, 2.45) is 5.92 Å². The molecule has 7 heteroatoms. The van der Waals surface area contributed by atoms with Crippen LogP contribution in [0.5, 0.6) is 0 Å². The van der Waals surface area contributed by atoms with Gasteiger partial charge in [-0.1, -0.05) is 12.1 Å². The lowest BCUT2D eigenvalue weighted by Gasteiger charge is -2.32. The Balaban J connectivity index is 1.58. The Morgan fingerprint density at radius 1 is 1.46 bits per heavy atom. The van der Waals surface area contributed by atoms with Gasteiger partial charge in [0, 0.05) is 30.6 Å². The number of carbonyl (C=O) groups excluding carboxylic acids is 1. The summed E-state index contributed by atoms with van der Waals surface area (Å²) in [5.74, 6) is -0.270. The number of hydrogen-bond acceptors (Lipinski definition) is 5. The second-order valence-electron chi connectivity index (χ2n) is 6.98. The second kappa shape index (κ2) is 8.70. The van der Waals surface area contributed by atoms with E-state index in [-0.39, 0.29) is 17.6 Å². The van der Waals surface area contributed by atoms with Crippen LogP contribution in [-0.4, -0.2) is 61.0 Å². The molecule has 0 saturated carbocycles. The molecule has 1 saturated heterocycles. The Kier molecular flexibility index (Phi) is 6.34. The molecular formula is C19H25FN4OS. The minimum atomic E-state index is -0.291. The highest BCUT2D eigenvalue weighted by Gasteiger charge is 2.26. The van der Waals surface area contributed by atoms with Crippen molar-refractivity contribution in [3.63, 3.8) is 0 Å². The Bertz CT molecular complexity index is 749. The maximum atomic E-state index is 13.4. The molecule has 3 rings (SSSR count). The fourth-order valence-corrected chi connectivity index (χ4v) is 3.86. The summed E-state index contributed by atoms with van der Waals surface area (Å²) in [6, 6.07) is 6.33. The summed E-state index contributed by atoms with van der Waals surface area (Å²) in [5.41, 5.74) is 1.40. The molecular weight excluding hydrogens is 351 g/mol. The van der Waals surface area contributed by atoms with Gasteiger partial charge in [0.15, 0.2) is 5.13 Å². The van der Waals surface area contributed by atoms with Gasteiger partial charge in [-0.05, 0) is 45.6 Å². The number of rotatable bonds is 6. The van der Waals surface area contributed by atoms with Gasteiger partial charge in [-0.3, -0.25) is 4.79 Å². The molecule has 0 aliphatic carbocycles. The maximum Gasteiger partial charge on any atom is 0.230 e. The highest BCUT2D eigenvalue weighted by atomic mass is 32.1. The van der Waals surface area contributed by atoms with Crippen LogP contribution in [0.3, 0.4) is 0 Å². The van der Waals surface area contributed by atoms with Crippen molar-refractivity contribution in [1.82, 2.24) is 14.8 Å². The van der Waals surface area contributed by atoms with Gasteiger partial charge in [0.2, 0.25) is 5.91 Å². The molecule has 0 spiro atoms. The SMILES string of the molecule is CN(C)CCN1CCCC(C(=O)Nc2nc(-c3cccc(F)c3)cs2)C1. The lowest BCUT2D eigenvalue weighted by atomic mass is 9.97. The van der Waals surface area contributed by atoms with Crippen LogP contribution in [-0.2, 0) is 4.79 Å². The first-order chi connectivity index (χ1) is 12.5. The van der Waals surface area contributed by atoms with E-state index < -0.39 is 0 Å². The number of nitrogens with zero attached hydrogens (tertiary/aromatic N) is 3. The molecule has 1 atom stereocenters. The van der Waals surface area contributed by atoms with Crippen LogP contribution < -0.4 is 5.32 Å². The number of piperidine rings is 1. The third-order valence-corrected chi connectivity index (χ3v) is 5.35. The zero-order chi connectivity index (χ0) is 18.5. The van der Waals surface area contributed by atoms with Gasteiger partial charge in [0.25, 0.3) is 0 Å². The van der Waals surface area contributed by atoms with Crippen LogP contribution in [0.2, 0.25) is 0 Å². The molecule has 2 aromatic rings. The quantitative estimate of drug-likeness (QED) is 0.841. The fraction of sp³-hybridized carbons (Fsp3) is 0.474. The number of anilines is 1. The van der Waals surface area contributed by atoms with Crippen molar-refractivity contribution in [2.45, 2.75) is 12.8 Å². The number of likely N-dealkylation sites (tertiary alicyclic amines) is 1. The molecule has 26 heavy (non-hydrogen) atoms. The number of halogens is 1. The van der Waals surface area contributed by atoms with E-state index >= 15 is 0 Å². The molecule has 140 valence electrons. The van der Waals surface area contributed by atoms with Crippen molar-refractivity contribution in [3.05, 3.63) is 35.5 Å². The standard InChI is InChI=1S/C19H25FN4OS/c1-23(2)9-10-24-8-4-6-15(12-24)18(25)22-19-21-17(13-26-19)14-5-3-7-16(20)11-14/h3,5,7,11,13,15H,4,6,8-10,12H2,1-2H3,(H,21,22,25). The first-order valence-electron chi connectivity index (χ1n) is 8.90. The molecule has 2 heterocycles. The zero-order valence-corrected chi connectivity index (χ0v) is 16.1. The molecule has 1 N–H and O–H groups in total. The number of benzene rings is 1. The van der Waals surface area contributed by atoms with E-state index in [1.807, 2.05) is 11.4 Å². The average molecular weight is 377 g/mol. The van der Waals surface area contributed by atoms with Gasteiger partial charge in [-0.2, -0.15) is 0 Å². The van der Waals surface area contributed by atoms with Gasteiger partial charge in [-0.15, -0.1) is 11.3 Å². The van der Waals surface area contributed by atoms with Crippen LogP contribution in [0.15, 0.2) is 29.6 Å². The van der Waals surface area contributed by atoms with Crippen molar-refractivity contribution in [2.75, 3.05) is 45.6 Å². The van der Waals surface area contributed by atoms with Gasteiger partial charge >= 0.3 is 0 Å². The Hall–Kier alpha value is -1.83. The van der Waals surface area contributed by atoms with Crippen molar-refractivity contribution >= 4 is 22.4 Å². The number of nitrogens with one attached hydrogen (secondary N) is 1. The lowest BCUT2D eigenvalue weighted by Crippen LogP contribution is -2.43. The van der Waals surface area contributed by atoms with Gasteiger partial charge in [0.1, 0.15) is 5.82 Å². The van der Waals surface area contributed by atoms with Gasteiger partial charge in [0.05, 0.1) is 11.6 Å². The van der Waals surface area contributed by atoms with Gasteiger partial charge in [-0.25, -0.2) is 9.37 Å². The van der Waals surface area contributed by atoms with E-state index in [4.69, 9.17) is 0 Å². The second-order valence-corrected chi connectivity index (χ2v) is 7.84. The summed E-state index contributed by atoms with van der Waals surface area (Å²) in [6.07, 6.45) is 1.95. The monoisotopic (exact) mass is 376 g/mol. The number of carbonyl (C=O) groups is 1. The summed E-state index contributed by atoms with van der Waals surface area (Å²) in [4.78, 5) is 21.6. The molecule has 1 aliphatic rings. The number of amides is 1. The molecule has 1 fully saturated rings. The number of thiazole rings is 1. The predicted octanol–water partition coefficient (Wildman–Crippen LogP) is 3.16. The molecule has 1 aromatic heterocycles. The summed E-state index contributed by atoms with van der Waals surface area (Å²) < 4.78 is 13.4. The van der Waals surface area contributed by atoms with E-state index in [0.717, 1.165) is 39.0 Å². The van der Waals surface area contributed by atoms with Crippen molar-refractivity contribution in [3.8, 4) is 11.3 Å². The number of hydrogen-bond donors (Lipinski definition) is 1. The molecule has 5 nitrogen and oxygen atoms in total. The molecule has 1 unspecified atom stereocenters. The highest BCUT2D eigenvalue weighted by Crippen LogP contribution is 2.26. The topological polar surface area (TPSA) is 48.5 Å². The Morgan fingerprint density at radius 3 is 3.08 bits per heavy atom. The zero-order valence-electron chi connectivity index (χ0n) is 15.2. The van der Waals surface area contributed by atoms with Crippen LogP contribution in [0.25, 0.3) is 11.3 Å². The molecule has 0 radical (unpaired) electrons. The molecule has 1 amide bonds. The lowest BCUT2D eigenvalue weighted by molar-refractivity contribution is -0.121. The van der Waals surface area contributed by atoms with Crippen LogP contribution in [0.1, 0.15) is 12.8 Å². The highest BCUT2D eigenvalue weighted by molar-refractivity contribution is 7.14. The largest absolute Gasteiger partial charge is 0.308 e. The number of aromatic nitrogens is 1. The summed E-state index contributed by atoms with van der Waals surface area (Å²) in [7, 11) is 4.12. The Labute approximate surface area is 157 Å². The first kappa shape index (κ1) is 18.9. The van der Waals surface area contributed by atoms with E-state index in [1.54, 1.807) is 6.07 Å². The van der Waals surface area contributed by atoms with E-state index in [1.165, 1.54) is 23.5 Å². The first-order valence-corrected chi connectivity index (χ1v) is 9.78.